The van der Waals surface area contributed by atoms with Crippen molar-refractivity contribution in [1.29, 1.82) is 5.26 Å². The van der Waals surface area contributed by atoms with Crippen molar-refractivity contribution in [2.45, 2.75) is 37.8 Å². The van der Waals surface area contributed by atoms with Crippen LogP contribution in [0.25, 0.3) is 0 Å². The molecule has 1 aliphatic rings. The molecule has 2 unspecified atom stereocenters. The minimum absolute atomic E-state index is 0.360. The molecule has 1 N–H and O–H groups in total. The fraction of sp³-hybridized carbons (Fsp3) is 0.923. The Morgan fingerprint density at radius 3 is 2.71 bits per heavy atom. The first-order valence-electron chi connectivity index (χ1n) is 6.49. The summed E-state index contributed by atoms with van der Waals surface area (Å²) in [4.78, 5) is 4.82. The number of hydrogen-bond acceptors (Lipinski definition) is 4. The van der Waals surface area contributed by atoms with Gasteiger partial charge in [-0.05, 0) is 60.4 Å². The second kappa shape index (κ2) is 6.34. The van der Waals surface area contributed by atoms with Gasteiger partial charge in [0.25, 0.3) is 0 Å². The quantitative estimate of drug-likeness (QED) is 0.747. The van der Waals surface area contributed by atoms with Crippen LogP contribution in [0.4, 0.5) is 0 Å². The van der Waals surface area contributed by atoms with Crippen molar-refractivity contribution in [1.82, 2.24) is 15.1 Å². The van der Waals surface area contributed by atoms with Crippen LogP contribution in [0, 0.1) is 11.3 Å². The van der Waals surface area contributed by atoms with Crippen LogP contribution in [0.5, 0.6) is 0 Å². The first kappa shape index (κ1) is 14.4. The van der Waals surface area contributed by atoms with Gasteiger partial charge in [-0.2, -0.15) is 5.26 Å². The van der Waals surface area contributed by atoms with Gasteiger partial charge in [0, 0.05) is 12.6 Å². The molecule has 0 amide bonds. The molecular formula is C13H26N4. The maximum atomic E-state index is 9.06. The van der Waals surface area contributed by atoms with E-state index in [1.807, 2.05) is 14.0 Å². The molecule has 4 nitrogen and oxygen atoms in total. The number of nitrogens with one attached hydrogen (secondary N) is 1. The van der Waals surface area contributed by atoms with Crippen LogP contribution in [0.3, 0.4) is 0 Å². The molecule has 0 aliphatic carbocycles. The van der Waals surface area contributed by atoms with Gasteiger partial charge in [-0.15, -0.1) is 0 Å². The molecule has 0 spiro atoms. The monoisotopic (exact) mass is 238 g/mol. The molecule has 0 bridgehead atoms. The SMILES string of the molecule is CNC(C)(C#N)CCCN1CCC(N(C)C)C1. The van der Waals surface area contributed by atoms with Gasteiger partial charge >= 0.3 is 0 Å². The Bertz CT molecular complexity index is 271. The zero-order valence-electron chi connectivity index (χ0n) is 11.7. The molecule has 2 atom stereocenters. The Morgan fingerprint density at radius 2 is 2.24 bits per heavy atom. The standard InChI is InChI=1S/C13H26N4/c1-13(11-14,15-2)7-5-8-17-9-6-12(10-17)16(3)4/h12,15H,5-10H2,1-4H3. The van der Waals surface area contributed by atoms with Crippen LogP contribution in [0.2, 0.25) is 0 Å². The molecule has 0 aromatic heterocycles. The van der Waals surface area contributed by atoms with E-state index in [1.165, 1.54) is 19.5 Å². The van der Waals surface area contributed by atoms with Crippen molar-refractivity contribution in [3.63, 3.8) is 0 Å². The maximum Gasteiger partial charge on any atom is 0.103 e. The molecule has 0 radical (unpaired) electrons. The van der Waals surface area contributed by atoms with Crippen molar-refractivity contribution in [2.24, 2.45) is 0 Å². The lowest BCUT2D eigenvalue weighted by atomic mass is 9.98. The fourth-order valence-electron chi connectivity index (χ4n) is 2.33. The van der Waals surface area contributed by atoms with Gasteiger partial charge in [-0.1, -0.05) is 0 Å². The molecule has 0 aromatic rings. The van der Waals surface area contributed by atoms with Gasteiger partial charge in [0.2, 0.25) is 0 Å². The van der Waals surface area contributed by atoms with E-state index < -0.39 is 0 Å². The second-order valence-corrected chi connectivity index (χ2v) is 5.50. The van der Waals surface area contributed by atoms with E-state index >= 15 is 0 Å². The Kier molecular flexibility index (Phi) is 5.38. The molecule has 0 aromatic carbocycles. The zero-order valence-corrected chi connectivity index (χ0v) is 11.7. The first-order chi connectivity index (χ1) is 8.00. The van der Waals surface area contributed by atoms with E-state index in [1.54, 1.807) is 0 Å². The number of rotatable bonds is 6. The number of nitriles is 1. The van der Waals surface area contributed by atoms with Crippen molar-refractivity contribution in [2.75, 3.05) is 40.8 Å². The number of hydrogen-bond donors (Lipinski definition) is 1. The molecule has 1 heterocycles. The van der Waals surface area contributed by atoms with Crippen LogP contribution in [-0.2, 0) is 0 Å². The normalized spacial score (nSPS) is 24.8. The smallest absolute Gasteiger partial charge is 0.103 e. The Balaban J connectivity index is 2.23. The predicted octanol–water partition coefficient (Wildman–Crippen LogP) is 0.904. The molecule has 98 valence electrons. The summed E-state index contributed by atoms with van der Waals surface area (Å²) < 4.78 is 0. The van der Waals surface area contributed by atoms with E-state index in [0.717, 1.165) is 19.4 Å². The summed E-state index contributed by atoms with van der Waals surface area (Å²) in [5, 5.41) is 12.2. The average Bonchev–Trinajstić information content (AvgIpc) is 2.78. The van der Waals surface area contributed by atoms with E-state index in [2.05, 4.69) is 35.3 Å². The Morgan fingerprint density at radius 1 is 1.53 bits per heavy atom. The van der Waals surface area contributed by atoms with Crippen molar-refractivity contribution >= 4 is 0 Å². The van der Waals surface area contributed by atoms with Crippen molar-refractivity contribution < 1.29 is 0 Å². The van der Waals surface area contributed by atoms with Crippen molar-refractivity contribution in [3.8, 4) is 6.07 Å². The van der Waals surface area contributed by atoms with Crippen LogP contribution in [-0.4, -0.2) is 62.2 Å². The fourth-order valence-corrected chi connectivity index (χ4v) is 2.33. The molecule has 1 fully saturated rings. The second-order valence-electron chi connectivity index (χ2n) is 5.50. The highest BCUT2D eigenvalue weighted by Gasteiger charge is 2.25. The molecular weight excluding hydrogens is 212 g/mol. The molecule has 1 rings (SSSR count). The Labute approximate surface area is 106 Å². The van der Waals surface area contributed by atoms with Crippen LogP contribution < -0.4 is 5.32 Å². The van der Waals surface area contributed by atoms with E-state index in [-0.39, 0.29) is 5.54 Å². The predicted molar refractivity (Wildman–Crippen MR) is 70.8 cm³/mol. The number of likely N-dealkylation sites (N-methyl/N-ethyl adjacent to an activating group) is 1. The lowest BCUT2D eigenvalue weighted by Gasteiger charge is -2.23. The first-order valence-corrected chi connectivity index (χ1v) is 6.49. The highest BCUT2D eigenvalue weighted by Crippen LogP contribution is 2.16. The van der Waals surface area contributed by atoms with Gasteiger partial charge < -0.3 is 15.1 Å². The summed E-state index contributed by atoms with van der Waals surface area (Å²) >= 11 is 0. The highest BCUT2D eigenvalue weighted by atomic mass is 15.2. The summed E-state index contributed by atoms with van der Waals surface area (Å²) in [7, 11) is 6.17. The third-order valence-electron chi connectivity index (χ3n) is 3.93. The highest BCUT2D eigenvalue weighted by molar-refractivity contribution is 5.02. The minimum atomic E-state index is -0.360. The lowest BCUT2D eigenvalue weighted by molar-refractivity contribution is 0.261. The molecule has 1 aliphatic heterocycles. The summed E-state index contributed by atoms with van der Waals surface area (Å²) in [5.41, 5.74) is -0.360. The largest absolute Gasteiger partial charge is 0.305 e. The topological polar surface area (TPSA) is 42.3 Å². The summed E-state index contributed by atoms with van der Waals surface area (Å²) in [6.07, 6.45) is 3.28. The van der Waals surface area contributed by atoms with Crippen molar-refractivity contribution in [3.05, 3.63) is 0 Å². The van der Waals surface area contributed by atoms with Crippen LogP contribution >= 0.6 is 0 Å². The average molecular weight is 238 g/mol. The van der Waals surface area contributed by atoms with Gasteiger partial charge in [0.1, 0.15) is 5.54 Å². The summed E-state index contributed by atoms with van der Waals surface area (Å²) in [6, 6.07) is 3.05. The minimum Gasteiger partial charge on any atom is -0.305 e. The van der Waals surface area contributed by atoms with Crippen LogP contribution in [0.1, 0.15) is 26.2 Å². The number of nitrogens with zero attached hydrogens (tertiary/aromatic N) is 3. The lowest BCUT2D eigenvalue weighted by Crippen LogP contribution is -2.39. The maximum absolute atomic E-state index is 9.06. The third-order valence-corrected chi connectivity index (χ3v) is 3.93. The molecule has 4 heteroatoms. The van der Waals surface area contributed by atoms with Gasteiger partial charge in [-0.25, -0.2) is 0 Å². The van der Waals surface area contributed by atoms with Gasteiger partial charge in [0.15, 0.2) is 0 Å². The Hall–Kier alpha value is -0.630. The van der Waals surface area contributed by atoms with Gasteiger partial charge in [-0.3, -0.25) is 0 Å². The molecule has 0 saturated carbocycles. The molecule has 17 heavy (non-hydrogen) atoms. The van der Waals surface area contributed by atoms with E-state index in [0.29, 0.717) is 6.04 Å². The van der Waals surface area contributed by atoms with Crippen LogP contribution in [0.15, 0.2) is 0 Å². The third kappa shape index (κ3) is 4.27. The van der Waals surface area contributed by atoms with E-state index in [4.69, 9.17) is 5.26 Å². The number of likely N-dealkylation sites (tertiary alicyclic amines) is 1. The van der Waals surface area contributed by atoms with E-state index in [9.17, 15) is 0 Å². The summed E-state index contributed by atoms with van der Waals surface area (Å²) in [6.45, 7) is 5.46. The zero-order chi connectivity index (χ0) is 12.9. The summed E-state index contributed by atoms with van der Waals surface area (Å²) in [5.74, 6) is 0. The molecule has 1 saturated heterocycles. The van der Waals surface area contributed by atoms with Gasteiger partial charge in [0.05, 0.1) is 6.07 Å².